The van der Waals surface area contributed by atoms with Gasteiger partial charge < -0.3 is 15.0 Å². The molecule has 2 amide bonds. The minimum atomic E-state index is -0.273. The van der Waals surface area contributed by atoms with Crippen molar-refractivity contribution in [1.82, 2.24) is 10.2 Å². The zero-order valence-electron chi connectivity index (χ0n) is 16.4. The van der Waals surface area contributed by atoms with E-state index in [2.05, 4.69) is 5.32 Å². The molecule has 28 heavy (non-hydrogen) atoms. The SMILES string of the molecule is COc1ccccc1[C@@H]1CN(C(=O)c2ccccc2C)C[C@@H]1C(=O)NC1CC1. The van der Waals surface area contributed by atoms with Gasteiger partial charge in [0.25, 0.3) is 5.91 Å². The summed E-state index contributed by atoms with van der Waals surface area (Å²) in [5.74, 6) is 0.438. The minimum absolute atomic E-state index is 0.0141. The van der Waals surface area contributed by atoms with Crippen molar-refractivity contribution in [2.45, 2.75) is 31.7 Å². The van der Waals surface area contributed by atoms with Crippen molar-refractivity contribution in [3.8, 4) is 5.75 Å². The number of aryl methyl sites for hydroxylation is 1. The third kappa shape index (κ3) is 3.61. The lowest BCUT2D eigenvalue weighted by Gasteiger charge is -2.20. The zero-order chi connectivity index (χ0) is 19.7. The van der Waals surface area contributed by atoms with Gasteiger partial charge in [-0.1, -0.05) is 36.4 Å². The van der Waals surface area contributed by atoms with Crippen LogP contribution < -0.4 is 10.1 Å². The molecule has 1 saturated heterocycles. The second-order valence-electron chi connectivity index (χ2n) is 7.76. The maximum atomic E-state index is 13.2. The molecule has 0 spiro atoms. The van der Waals surface area contributed by atoms with E-state index in [9.17, 15) is 9.59 Å². The van der Waals surface area contributed by atoms with Gasteiger partial charge in [0.05, 0.1) is 13.0 Å². The number of nitrogens with zero attached hydrogens (tertiary/aromatic N) is 1. The molecule has 1 N–H and O–H groups in total. The number of carbonyl (C=O) groups is 2. The Bertz CT molecular complexity index is 891. The van der Waals surface area contributed by atoms with Crippen LogP contribution in [0.5, 0.6) is 5.75 Å². The van der Waals surface area contributed by atoms with Crippen LogP contribution in [0.4, 0.5) is 0 Å². The number of ether oxygens (including phenoxy) is 1. The molecule has 0 radical (unpaired) electrons. The summed E-state index contributed by atoms with van der Waals surface area (Å²) in [7, 11) is 1.64. The molecule has 5 heteroatoms. The molecular weight excluding hydrogens is 352 g/mol. The third-order valence-electron chi connectivity index (χ3n) is 5.78. The van der Waals surface area contributed by atoms with Crippen LogP contribution in [0.3, 0.4) is 0 Å². The van der Waals surface area contributed by atoms with Crippen molar-refractivity contribution in [3.63, 3.8) is 0 Å². The van der Waals surface area contributed by atoms with Gasteiger partial charge in [-0.25, -0.2) is 0 Å². The third-order valence-corrected chi connectivity index (χ3v) is 5.78. The quantitative estimate of drug-likeness (QED) is 0.870. The maximum absolute atomic E-state index is 13.2. The Balaban J connectivity index is 1.63. The van der Waals surface area contributed by atoms with Gasteiger partial charge >= 0.3 is 0 Å². The second kappa shape index (κ2) is 7.66. The molecule has 2 atom stereocenters. The number of carbonyl (C=O) groups excluding carboxylic acids is 2. The molecule has 0 aromatic heterocycles. The summed E-state index contributed by atoms with van der Waals surface area (Å²) in [6.45, 7) is 2.88. The first-order valence-corrected chi connectivity index (χ1v) is 9.86. The molecule has 2 aromatic rings. The fourth-order valence-corrected chi connectivity index (χ4v) is 4.04. The van der Waals surface area contributed by atoms with Crippen LogP contribution in [0.1, 0.15) is 40.2 Å². The smallest absolute Gasteiger partial charge is 0.254 e. The Kier molecular flexibility index (Phi) is 5.07. The second-order valence-corrected chi connectivity index (χ2v) is 7.76. The maximum Gasteiger partial charge on any atom is 0.254 e. The molecule has 0 unspecified atom stereocenters. The van der Waals surface area contributed by atoms with Crippen molar-refractivity contribution in [2.24, 2.45) is 5.92 Å². The lowest BCUT2D eigenvalue weighted by atomic mass is 9.87. The summed E-state index contributed by atoms with van der Waals surface area (Å²) in [6, 6.07) is 15.7. The number of rotatable bonds is 5. The number of nitrogens with one attached hydrogen (secondary N) is 1. The van der Waals surface area contributed by atoms with Gasteiger partial charge in [-0.2, -0.15) is 0 Å². The molecular formula is C23H26N2O3. The first-order valence-electron chi connectivity index (χ1n) is 9.86. The lowest BCUT2D eigenvalue weighted by Crippen LogP contribution is -2.36. The monoisotopic (exact) mass is 378 g/mol. The predicted molar refractivity (Wildman–Crippen MR) is 107 cm³/mol. The van der Waals surface area contributed by atoms with Gasteiger partial charge in [-0.3, -0.25) is 9.59 Å². The topological polar surface area (TPSA) is 58.6 Å². The van der Waals surface area contributed by atoms with E-state index in [4.69, 9.17) is 4.74 Å². The number of para-hydroxylation sites is 1. The van der Waals surface area contributed by atoms with Gasteiger partial charge in [0.1, 0.15) is 5.75 Å². The van der Waals surface area contributed by atoms with E-state index in [0.29, 0.717) is 24.7 Å². The number of amides is 2. The summed E-state index contributed by atoms with van der Waals surface area (Å²) < 4.78 is 5.54. The Morgan fingerprint density at radius 1 is 1.04 bits per heavy atom. The number of hydrogen-bond donors (Lipinski definition) is 1. The average Bonchev–Trinajstić information content (AvgIpc) is 3.41. The lowest BCUT2D eigenvalue weighted by molar-refractivity contribution is -0.125. The molecule has 1 saturated carbocycles. The summed E-state index contributed by atoms with van der Waals surface area (Å²) in [5, 5.41) is 3.13. The number of methoxy groups -OCH3 is 1. The van der Waals surface area contributed by atoms with Crippen LogP contribution >= 0.6 is 0 Å². The highest BCUT2D eigenvalue weighted by Crippen LogP contribution is 2.38. The van der Waals surface area contributed by atoms with Gasteiger partial charge in [0, 0.05) is 30.6 Å². The van der Waals surface area contributed by atoms with Crippen LogP contribution in [0.15, 0.2) is 48.5 Å². The zero-order valence-corrected chi connectivity index (χ0v) is 16.4. The van der Waals surface area contributed by atoms with Crippen molar-refractivity contribution in [3.05, 3.63) is 65.2 Å². The number of hydrogen-bond acceptors (Lipinski definition) is 3. The summed E-state index contributed by atoms with van der Waals surface area (Å²) in [6.07, 6.45) is 2.09. The Labute approximate surface area is 165 Å². The number of benzene rings is 2. The molecule has 146 valence electrons. The molecule has 0 bridgehead atoms. The molecule has 4 rings (SSSR count). The highest BCUT2D eigenvalue weighted by Gasteiger charge is 2.43. The highest BCUT2D eigenvalue weighted by atomic mass is 16.5. The van der Waals surface area contributed by atoms with E-state index >= 15 is 0 Å². The van der Waals surface area contributed by atoms with Crippen LogP contribution in [-0.4, -0.2) is 43.0 Å². The average molecular weight is 378 g/mol. The van der Waals surface area contributed by atoms with Gasteiger partial charge in [0.15, 0.2) is 0 Å². The molecule has 1 heterocycles. The summed E-state index contributed by atoms with van der Waals surface area (Å²) in [5.41, 5.74) is 2.64. The van der Waals surface area contributed by atoms with Crippen LogP contribution in [0.25, 0.3) is 0 Å². The predicted octanol–water partition coefficient (Wildman–Crippen LogP) is 3.14. The van der Waals surface area contributed by atoms with E-state index in [0.717, 1.165) is 29.7 Å². The molecule has 2 fully saturated rings. The fourth-order valence-electron chi connectivity index (χ4n) is 4.04. The largest absolute Gasteiger partial charge is 0.496 e. The van der Waals surface area contributed by atoms with Crippen LogP contribution in [0, 0.1) is 12.8 Å². The van der Waals surface area contributed by atoms with Crippen LogP contribution in [0.2, 0.25) is 0 Å². The van der Waals surface area contributed by atoms with E-state index < -0.39 is 0 Å². The first-order chi connectivity index (χ1) is 13.6. The van der Waals surface area contributed by atoms with Gasteiger partial charge in [-0.15, -0.1) is 0 Å². The van der Waals surface area contributed by atoms with E-state index in [1.165, 1.54) is 0 Å². The summed E-state index contributed by atoms with van der Waals surface area (Å²) in [4.78, 5) is 27.9. The standard InChI is InChI=1S/C23H26N2O3/c1-15-7-3-4-8-17(15)23(27)25-13-19(18-9-5-6-10-21(18)28-2)20(14-25)22(26)24-16-11-12-16/h3-10,16,19-20H,11-14H2,1-2H3,(H,24,26)/t19-,20-/m0/s1. The summed E-state index contributed by atoms with van der Waals surface area (Å²) >= 11 is 0. The van der Waals surface area contributed by atoms with E-state index in [1.54, 1.807) is 7.11 Å². The molecule has 5 nitrogen and oxygen atoms in total. The van der Waals surface area contributed by atoms with Crippen molar-refractivity contribution < 1.29 is 14.3 Å². The Morgan fingerprint density at radius 2 is 1.75 bits per heavy atom. The molecule has 2 aliphatic rings. The van der Waals surface area contributed by atoms with Crippen molar-refractivity contribution >= 4 is 11.8 Å². The normalized spacial score (nSPS) is 21.4. The first kappa shape index (κ1) is 18.5. The molecule has 1 aliphatic heterocycles. The van der Waals surface area contributed by atoms with Gasteiger partial charge in [-0.05, 0) is 43.0 Å². The van der Waals surface area contributed by atoms with E-state index in [1.807, 2.05) is 60.4 Å². The Morgan fingerprint density at radius 3 is 2.46 bits per heavy atom. The highest BCUT2D eigenvalue weighted by molar-refractivity contribution is 5.96. The van der Waals surface area contributed by atoms with E-state index in [-0.39, 0.29) is 23.7 Å². The fraction of sp³-hybridized carbons (Fsp3) is 0.391. The van der Waals surface area contributed by atoms with Crippen molar-refractivity contribution in [2.75, 3.05) is 20.2 Å². The number of likely N-dealkylation sites (tertiary alicyclic amines) is 1. The van der Waals surface area contributed by atoms with Gasteiger partial charge in [0.2, 0.25) is 5.91 Å². The molecule has 1 aliphatic carbocycles. The Hall–Kier alpha value is -2.82. The van der Waals surface area contributed by atoms with Crippen molar-refractivity contribution in [1.29, 1.82) is 0 Å². The minimum Gasteiger partial charge on any atom is -0.496 e. The van der Waals surface area contributed by atoms with Crippen LogP contribution in [-0.2, 0) is 4.79 Å². The molecule has 2 aromatic carbocycles.